The van der Waals surface area contributed by atoms with E-state index in [1.54, 1.807) is 0 Å². The molecule has 0 aliphatic carbocycles. The van der Waals surface area contributed by atoms with E-state index in [9.17, 15) is 0 Å². The van der Waals surface area contributed by atoms with E-state index in [2.05, 4.69) is 22.4 Å². The third kappa shape index (κ3) is 2.32. The Morgan fingerprint density at radius 3 is 2.95 bits per heavy atom. The van der Waals surface area contributed by atoms with Crippen LogP contribution in [0.25, 0.3) is 22.6 Å². The molecule has 0 atom stereocenters. The molecule has 2 heterocycles. The molecule has 104 valence electrons. The number of imidazole rings is 1. The highest BCUT2D eigenvalue weighted by Gasteiger charge is 2.14. The summed E-state index contributed by atoms with van der Waals surface area (Å²) in [6, 6.07) is 9.99. The van der Waals surface area contributed by atoms with E-state index in [0.717, 1.165) is 42.1 Å². The largest absolute Gasteiger partial charge is 0.353 e. The predicted octanol–water partition coefficient (Wildman–Crippen LogP) is 2.73. The predicted molar refractivity (Wildman–Crippen MR) is 78.2 cm³/mol. The van der Waals surface area contributed by atoms with E-state index in [1.807, 2.05) is 41.9 Å². The zero-order chi connectivity index (χ0) is 13.9. The van der Waals surface area contributed by atoms with Gasteiger partial charge in [0.05, 0.1) is 16.7 Å². The van der Waals surface area contributed by atoms with Gasteiger partial charge in [0.2, 0.25) is 5.76 Å². The fourth-order valence-corrected chi connectivity index (χ4v) is 2.26. The van der Waals surface area contributed by atoms with Crippen molar-refractivity contribution in [2.75, 3.05) is 6.54 Å². The van der Waals surface area contributed by atoms with Gasteiger partial charge < -0.3 is 14.4 Å². The Kier molecular flexibility index (Phi) is 3.52. The van der Waals surface area contributed by atoms with Crippen molar-refractivity contribution < 1.29 is 4.52 Å². The SMILES string of the molecule is CCCNCc1cc(-c2nc3ccccc3n2C)on1. The molecule has 20 heavy (non-hydrogen) atoms. The average Bonchev–Trinajstić information content (AvgIpc) is 3.05. The fourth-order valence-electron chi connectivity index (χ4n) is 2.26. The second kappa shape index (κ2) is 5.46. The second-order valence-corrected chi connectivity index (χ2v) is 4.84. The van der Waals surface area contributed by atoms with Gasteiger partial charge in [0.25, 0.3) is 0 Å². The van der Waals surface area contributed by atoms with E-state index >= 15 is 0 Å². The summed E-state index contributed by atoms with van der Waals surface area (Å²) >= 11 is 0. The molecule has 0 bridgehead atoms. The number of nitrogens with one attached hydrogen (secondary N) is 1. The van der Waals surface area contributed by atoms with Crippen molar-refractivity contribution in [2.24, 2.45) is 7.05 Å². The van der Waals surface area contributed by atoms with E-state index in [4.69, 9.17) is 4.52 Å². The van der Waals surface area contributed by atoms with Gasteiger partial charge in [0, 0.05) is 19.7 Å². The molecule has 5 heteroatoms. The van der Waals surface area contributed by atoms with Crippen LogP contribution in [0.3, 0.4) is 0 Å². The highest BCUT2D eigenvalue weighted by molar-refractivity contribution is 5.79. The number of rotatable bonds is 5. The molecule has 0 aliphatic rings. The summed E-state index contributed by atoms with van der Waals surface area (Å²) in [5.74, 6) is 1.51. The lowest BCUT2D eigenvalue weighted by molar-refractivity contribution is 0.417. The summed E-state index contributed by atoms with van der Waals surface area (Å²) in [6.07, 6.45) is 1.11. The summed E-state index contributed by atoms with van der Waals surface area (Å²) in [4.78, 5) is 4.60. The third-order valence-corrected chi connectivity index (χ3v) is 3.30. The summed E-state index contributed by atoms with van der Waals surface area (Å²) in [5, 5.41) is 7.39. The first-order valence-electron chi connectivity index (χ1n) is 6.87. The van der Waals surface area contributed by atoms with Gasteiger partial charge in [-0.3, -0.25) is 0 Å². The first kappa shape index (κ1) is 12.9. The van der Waals surface area contributed by atoms with Crippen LogP contribution in [0.5, 0.6) is 0 Å². The third-order valence-electron chi connectivity index (χ3n) is 3.30. The van der Waals surface area contributed by atoms with Gasteiger partial charge in [-0.25, -0.2) is 4.98 Å². The first-order chi connectivity index (χ1) is 9.79. The molecule has 3 rings (SSSR count). The van der Waals surface area contributed by atoms with E-state index < -0.39 is 0 Å². The molecule has 0 radical (unpaired) electrons. The van der Waals surface area contributed by atoms with Gasteiger partial charge in [-0.05, 0) is 25.1 Å². The standard InChI is InChI=1S/C15H18N4O/c1-3-8-16-10-11-9-14(20-18-11)15-17-12-6-4-5-7-13(12)19(15)2/h4-7,9,16H,3,8,10H2,1-2H3. The van der Waals surface area contributed by atoms with Crippen LogP contribution >= 0.6 is 0 Å². The van der Waals surface area contributed by atoms with Gasteiger partial charge in [0.15, 0.2) is 5.82 Å². The number of fused-ring (bicyclic) bond motifs is 1. The smallest absolute Gasteiger partial charge is 0.202 e. The number of aryl methyl sites for hydroxylation is 1. The van der Waals surface area contributed by atoms with Crippen molar-refractivity contribution >= 4 is 11.0 Å². The van der Waals surface area contributed by atoms with Gasteiger partial charge in [0.1, 0.15) is 0 Å². The number of benzene rings is 1. The molecule has 0 amide bonds. The van der Waals surface area contributed by atoms with Crippen molar-refractivity contribution in [3.63, 3.8) is 0 Å². The first-order valence-corrected chi connectivity index (χ1v) is 6.87. The molecular formula is C15H18N4O. The quantitative estimate of drug-likeness (QED) is 0.724. The van der Waals surface area contributed by atoms with Crippen molar-refractivity contribution in [3.05, 3.63) is 36.0 Å². The Labute approximate surface area is 117 Å². The van der Waals surface area contributed by atoms with Gasteiger partial charge in [-0.1, -0.05) is 24.2 Å². The van der Waals surface area contributed by atoms with Crippen LogP contribution in [0, 0.1) is 0 Å². The molecular weight excluding hydrogens is 252 g/mol. The highest BCUT2D eigenvalue weighted by atomic mass is 16.5. The lowest BCUT2D eigenvalue weighted by atomic mass is 10.3. The molecule has 0 saturated carbocycles. The minimum atomic E-state index is 0.706. The van der Waals surface area contributed by atoms with Crippen molar-refractivity contribution in [3.8, 4) is 11.6 Å². The van der Waals surface area contributed by atoms with Gasteiger partial charge >= 0.3 is 0 Å². The van der Waals surface area contributed by atoms with Gasteiger partial charge in [-0.2, -0.15) is 0 Å². The van der Waals surface area contributed by atoms with Crippen molar-refractivity contribution in [2.45, 2.75) is 19.9 Å². The number of para-hydroxylation sites is 2. The zero-order valence-electron chi connectivity index (χ0n) is 11.8. The van der Waals surface area contributed by atoms with Crippen LogP contribution in [0.1, 0.15) is 19.0 Å². The Hall–Kier alpha value is -2.14. The minimum absolute atomic E-state index is 0.706. The molecule has 3 aromatic rings. The van der Waals surface area contributed by atoms with Gasteiger partial charge in [-0.15, -0.1) is 0 Å². The molecule has 1 aromatic carbocycles. The van der Waals surface area contributed by atoms with E-state index in [-0.39, 0.29) is 0 Å². The maximum absolute atomic E-state index is 5.42. The Morgan fingerprint density at radius 2 is 2.15 bits per heavy atom. The van der Waals surface area contributed by atoms with Crippen LogP contribution in [0.4, 0.5) is 0 Å². The maximum Gasteiger partial charge on any atom is 0.202 e. The number of hydrogen-bond acceptors (Lipinski definition) is 4. The van der Waals surface area contributed by atoms with Crippen LogP contribution in [-0.2, 0) is 13.6 Å². The normalized spacial score (nSPS) is 11.3. The number of aromatic nitrogens is 3. The average molecular weight is 270 g/mol. The summed E-state index contributed by atoms with van der Waals surface area (Å²) in [5.41, 5.74) is 2.96. The molecule has 0 aliphatic heterocycles. The topological polar surface area (TPSA) is 55.9 Å². The van der Waals surface area contributed by atoms with Crippen LogP contribution in [0.2, 0.25) is 0 Å². The van der Waals surface area contributed by atoms with Crippen LogP contribution in [0.15, 0.2) is 34.9 Å². The fraction of sp³-hybridized carbons (Fsp3) is 0.333. The minimum Gasteiger partial charge on any atom is -0.353 e. The zero-order valence-corrected chi connectivity index (χ0v) is 11.8. The molecule has 0 spiro atoms. The lowest BCUT2D eigenvalue weighted by Crippen LogP contribution is -2.13. The molecule has 1 N–H and O–H groups in total. The molecule has 5 nitrogen and oxygen atoms in total. The Morgan fingerprint density at radius 1 is 1.30 bits per heavy atom. The molecule has 0 unspecified atom stereocenters. The monoisotopic (exact) mass is 270 g/mol. The summed E-state index contributed by atoms with van der Waals surface area (Å²) in [6.45, 7) is 3.84. The molecule has 2 aromatic heterocycles. The van der Waals surface area contributed by atoms with Crippen molar-refractivity contribution in [1.29, 1.82) is 0 Å². The Balaban J connectivity index is 1.89. The number of hydrogen-bond donors (Lipinski definition) is 1. The van der Waals surface area contributed by atoms with Crippen LogP contribution < -0.4 is 5.32 Å². The number of nitrogens with zero attached hydrogens (tertiary/aromatic N) is 3. The van der Waals surface area contributed by atoms with E-state index in [0.29, 0.717) is 5.76 Å². The molecule has 0 fully saturated rings. The van der Waals surface area contributed by atoms with Crippen LogP contribution in [-0.4, -0.2) is 21.3 Å². The molecule has 0 saturated heterocycles. The maximum atomic E-state index is 5.42. The summed E-state index contributed by atoms with van der Waals surface area (Å²) < 4.78 is 7.45. The van der Waals surface area contributed by atoms with E-state index in [1.165, 1.54) is 0 Å². The second-order valence-electron chi connectivity index (χ2n) is 4.84. The highest BCUT2D eigenvalue weighted by Crippen LogP contribution is 2.23. The lowest BCUT2D eigenvalue weighted by Gasteiger charge is -1.97. The summed E-state index contributed by atoms with van der Waals surface area (Å²) in [7, 11) is 1.99. The Bertz CT molecular complexity index is 714. The van der Waals surface area contributed by atoms with Crippen molar-refractivity contribution in [1.82, 2.24) is 20.0 Å².